The van der Waals surface area contributed by atoms with E-state index < -0.39 is 17.7 Å². The first-order chi connectivity index (χ1) is 9.67. The molecule has 0 aliphatic carbocycles. The number of amides is 1. The summed E-state index contributed by atoms with van der Waals surface area (Å²) in [5.74, 6) is -0.918. The highest BCUT2D eigenvalue weighted by atomic mass is 16.6. The Balaban J connectivity index is 2.56. The zero-order valence-corrected chi connectivity index (χ0v) is 12.8. The molecular weight excluding hydrogens is 272 g/mol. The Morgan fingerprint density at radius 1 is 1.24 bits per heavy atom. The van der Waals surface area contributed by atoms with Gasteiger partial charge in [0.2, 0.25) is 0 Å². The van der Waals surface area contributed by atoms with E-state index in [1.54, 1.807) is 32.9 Å². The molecular formula is C15H22N2O4. The molecule has 116 valence electrons. The topological polar surface area (TPSA) is 87.7 Å². The van der Waals surface area contributed by atoms with Gasteiger partial charge in [-0.15, -0.1) is 0 Å². The number of carboxylic acid groups (broad SMARTS) is 1. The zero-order chi connectivity index (χ0) is 16.0. The van der Waals surface area contributed by atoms with Crippen LogP contribution in [0.3, 0.4) is 0 Å². The van der Waals surface area contributed by atoms with Gasteiger partial charge in [-0.2, -0.15) is 0 Å². The van der Waals surface area contributed by atoms with Crippen LogP contribution in [0, 0.1) is 0 Å². The number of benzene rings is 1. The summed E-state index contributed by atoms with van der Waals surface area (Å²) in [5.41, 5.74) is 1.08. The predicted molar refractivity (Wildman–Crippen MR) is 80.4 cm³/mol. The van der Waals surface area contributed by atoms with Gasteiger partial charge in [0.1, 0.15) is 12.1 Å². The molecule has 3 N–H and O–H groups in total. The molecule has 0 bridgehead atoms. The molecule has 0 heterocycles. The van der Waals surface area contributed by atoms with Crippen molar-refractivity contribution in [3.8, 4) is 0 Å². The van der Waals surface area contributed by atoms with Gasteiger partial charge in [0.25, 0.3) is 0 Å². The van der Waals surface area contributed by atoms with Gasteiger partial charge in [-0.1, -0.05) is 12.1 Å². The number of hydrogen-bond donors (Lipinski definition) is 3. The second-order valence-corrected chi connectivity index (χ2v) is 5.74. The van der Waals surface area contributed by atoms with Crippen LogP contribution in [0.25, 0.3) is 0 Å². The van der Waals surface area contributed by atoms with Crippen LogP contribution in [0.2, 0.25) is 0 Å². The van der Waals surface area contributed by atoms with Crippen molar-refractivity contribution in [3.05, 3.63) is 29.8 Å². The molecule has 0 aliphatic heterocycles. The number of rotatable bonds is 5. The van der Waals surface area contributed by atoms with Gasteiger partial charge < -0.3 is 20.5 Å². The Morgan fingerprint density at radius 2 is 1.81 bits per heavy atom. The van der Waals surface area contributed by atoms with E-state index in [2.05, 4.69) is 10.6 Å². The second-order valence-electron chi connectivity index (χ2n) is 5.74. The number of carboxylic acids is 1. The fraction of sp³-hybridized carbons (Fsp3) is 0.467. The highest BCUT2D eigenvalue weighted by Crippen LogP contribution is 2.17. The SMILES string of the molecule is CC(NC(=O)OC(C)(C)C)c1ccc(NCC(=O)O)cc1. The fourth-order valence-electron chi connectivity index (χ4n) is 1.63. The largest absolute Gasteiger partial charge is 0.480 e. The fourth-order valence-corrected chi connectivity index (χ4v) is 1.63. The molecule has 6 heteroatoms. The van der Waals surface area contributed by atoms with Crippen molar-refractivity contribution in [3.63, 3.8) is 0 Å². The number of alkyl carbamates (subject to hydrolysis) is 1. The highest BCUT2D eigenvalue weighted by molar-refractivity contribution is 5.72. The van der Waals surface area contributed by atoms with Crippen LogP contribution in [-0.4, -0.2) is 29.3 Å². The maximum Gasteiger partial charge on any atom is 0.408 e. The van der Waals surface area contributed by atoms with Crippen molar-refractivity contribution in [2.45, 2.75) is 39.3 Å². The maximum atomic E-state index is 11.7. The number of carbonyl (C=O) groups excluding carboxylic acids is 1. The van der Waals surface area contributed by atoms with Gasteiger partial charge >= 0.3 is 12.1 Å². The standard InChI is InChI=1S/C15H22N2O4/c1-10(17-14(20)21-15(2,3)4)11-5-7-12(8-6-11)16-9-13(18)19/h5-8,10,16H,9H2,1-4H3,(H,17,20)(H,18,19). The third-order valence-corrected chi connectivity index (χ3v) is 2.59. The lowest BCUT2D eigenvalue weighted by Gasteiger charge is -2.22. The van der Waals surface area contributed by atoms with Crippen LogP contribution in [-0.2, 0) is 9.53 Å². The van der Waals surface area contributed by atoms with Crippen molar-refractivity contribution in [1.82, 2.24) is 5.32 Å². The average molecular weight is 294 g/mol. The zero-order valence-electron chi connectivity index (χ0n) is 12.8. The summed E-state index contributed by atoms with van der Waals surface area (Å²) < 4.78 is 5.19. The number of ether oxygens (including phenoxy) is 1. The smallest absolute Gasteiger partial charge is 0.408 e. The third kappa shape index (κ3) is 6.65. The molecule has 0 aliphatic rings. The number of hydrogen-bond acceptors (Lipinski definition) is 4. The molecule has 1 rings (SSSR count). The molecule has 1 aromatic rings. The molecule has 0 saturated heterocycles. The first-order valence-corrected chi connectivity index (χ1v) is 6.72. The minimum absolute atomic E-state index is 0.134. The molecule has 0 spiro atoms. The molecule has 6 nitrogen and oxygen atoms in total. The van der Waals surface area contributed by atoms with Gasteiger partial charge in [-0.25, -0.2) is 4.79 Å². The number of anilines is 1. The number of carbonyl (C=O) groups is 2. The van der Waals surface area contributed by atoms with E-state index >= 15 is 0 Å². The van der Waals surface area contributed by atoms with Crippen LogP contribution < -0.4 is 10.6 Å². The van der Waals surface area contributed by atoms with E-state index in [1.165, 1.54) is 0 Å². The van der Waals surface area contributed by atoms with Crippen molar-refractivity contribution in [2.75, 3.05) is 11.9 Å². The third-order valence-electron chi connectivity index (χ3n) is 2.59. The van der Waals surface area contributed by atoms with Gasteiger partial charge in [0.05, 0.1) is 6.04 Å². The summed E-state index contributed by atoms with van der Waals surface area (Å²) in [5, 5.41) is 14.1. The van der Waals surface area contributed by atoms with Gasteiger partial charge in [0, 0.05) is 5.69 Å². The molecule has 0 saturated carbocycles. The summed E-state index contributed by atoms with van der Waals surface area (Å²) in [4.78, 5) is 22.1. The first kappa shape index (κ1) is 16.8. The van der Waals surface area contributed by atoms with Crippen LogP contribution in [0.5, 0.6) is 0 Å². The molecule has 1 unspecified atom stereocenters. The van der Waals surface area contributed by atoms with Crippen LogP contribution >= 0.6 is 0 Å². The average Bonchev–Trinajstić information content (AvgIpc) is 2.34. The Bertz CT molecular complexity index is 491. The molecule has 1 aromatic carbocycles. The van der Waals surface area contributed by atoms with Crippen LogP contribution in [0.1, 0.15) is 39.3 Å². The Hall–Kier alpha value is -2.24. The van der Waals surface area contributed by atoms with Crippen molar-refractivity contribution in [2.24, 2.45) is 0 Å². The van der Waals surface area contributed by atoms with Crippen LogP contribution in [0.15, 0.2) is 24.3 Å². The summed E-state index contributed by atoms with van der Waals surface area (Å²) in [7, 11) is 0. The van der Waals surface area contributed by atoms with E-state index in [9.17, 15) is 9.59 Å². The monoisotopic (exact) mass is 294 g/mol. The molecule has 1 atom stereocenters. The number of nitrogens with one attached hydrogen (secondary N) is 2. The molecule has 21 heavy (non-hydrogen) atoms. The van der Waals surface area contributed by atoms with Gasteiger partial charge in [0.15, 0.2) is 0 Å². The highest BCUT2D eigenvalue weighted by Gasteiger charge is 2.18. The van der Waals surface area contributed by atoms with Crippen molar-refractivity contribution < 1.29 is 19.4 Å². The Labute approximate surface area is 124 Å². The van der Waals surface area contributed by atoms with Crippen LogP contribution in [0.4, 0.5) is 10.5 Å². The van der Waals surface area contributed by atoms with E-state index in [0.29, 0.717) is 5.69 Å². The van der Waals surface area contributed by atoms with E-state index in [4.69, 9.17) is 9.84 Å². The normalized spacial score (nSPS) is 12.4. The molecule has 0 fully saturated rings. The summed E-state index contributed by atoms with van der Waals surface area (Å²) in [6, 6.07) is 6.99. The lowest BCUT2D eigenvalue weighted by atomic mass is 10.1. The molecule has 0 radical (unpaired) electrons. The van der Waals surface area contributed by atoms with E-state index in [0.717, 1.165) is 5.56 Å². The first-order valence-electron chi connectivity index (χ1n) is 6.72. The summed E-state index contributed by atoms with van der Waals surface area (Å²) in [6.45, 7) is 7.13. The Kier molecular flexibility index (Phi) is 5.58. The Morgan fingerprint density at radius 3 is 2.29 bits per heavy atom. The number of aliphatic carboxylic acids is 1. The predicted octanol–water partition coefficient (Wildman–Crippen LogP) is 2.77. The van der Waals surface area contributed by atoms with E-state index in [1.807, 2.05) is 19.1 Å². The van der Waals surface area contributed by atoms with Gasteiger partial charge in [-0.05, 0) is 45.4 Å². The molecule has 1 amide bonds. The second kappa shape index (κ2) is 6.97. The van der Waals surface area contributed by atoms with E-state index in [-0.39, 0.29) is 12.6 Å². The minimum atomic E-state index is -0.918. The quantitative estimate of drug-likeness (QED) is 0.777. The van der Waals surface area contributed by atoms with Gasteiger partial charge in [-0.3, -0.25) is 4.79 Å². The van der Waals surface area contributed by atoms with Crippen molar-refractivity contribution in [1.29, 1.82) is 0 Å². The lowest BCUT2D eigenvalue weighted by Crippen LogP contribution is -2.34. The summed E-state index contributed by atoms with van der Waals surface area (Å²) >= 11 is 0. The maximum absolute atomic E-state index is 11.7. The minimum Gasteiger partial charge on any atom is -0.480 e. The summed E-state index contributed by atoms with van der Waals surface area (Å²) in [6.07, 6.45) is -0.469. The van der Waals surface area contributed by atoms with Crippen molar-refractivity contribution >= 4 is 17.7 Å². The lowest BCUT2D eigenvalue weighted by molar-refractivity contribution is -0.134. The molecule has 0 aromatic heterocycles.